The van der Waals surface area contributed by atoms with Gasteiger partial charge in [0.1, 0.15) is 0 Å². The third kappa shape index (κ3) is 6.06. The van der Waals surface area contributed by atoms with Crippen molar-refractivity contribution in [3.8, 4) is 0 Å². The number of likely N-dealkylation sites (tertiary alicyclic amines) is 1. The molecule has 30 heavy (non-hydrogen) atoms. The number of carbonyl (C=O) groups excluding carboxylic acids is 1. The van der Waals surface area contributed by atoms with Crippen LogP contribution in [0.2, 0.25) is 0 Å². The van der Waals surface area contributed by atoms with Crippen molar-refractivity contribution in [2.24, 2.45) is 0 Å². The van der Waals surface area contributed by atoms with Gasteiger partial charge in [0.25, 0.3) is 15.9 Å². The maximum atomic E-state index is 12.8. The Morgan fingerprint density at radius 3 is 2.40 bits per heavy atom. The Kier molecular flexibility index (Phi) is 7.50. The summed E-state index contributed by atoms with van der Waals surface area (Å²) in [6.07, 6.45) is 4.70. The Bertz CT molecular complexity index is 966. The molecule has 162 valence electrons. The lowest BCUT2D eigenvalue weighted by Gasteiger charge is -2.26. The van der Waals surface area contributed by atoms with Crippen molar-refractivity contribution >= 4 is 21.6 Å². The molecule has 0 saturated carbocycles. The van der Waals surface area contributed by atoms with Crippen LogP contribution in [0.15, 0.2) is 47.4 Å². The first-order valence-corrected chi connectivity index (χ1v) is 12.0. The monoisotopic (exact) mass is 429 g/mol. The van der Waals surface area contributed by atoms with Gasteiger partial charge in [-0.25, -0.2) is 8.42 Å². The molecule has 0 spiro atoms. The third-order valence-corrected chi connectivity index (χ3v) is 6.83. The number of hydrogen-bond acceptors (Lipinski definition) is 4. The highest BCUT2D eigenvalue weighted by Crippen LogP contribution is 2.20. The predicted octanol–water partition coefficient (Wildman–Crippen LogP) is 3.71. The van der Waals surface area contributed by atoms with Crippen LogP contribution in [0, 0.1) is 13.8 Å². The number of aryl methyl sites for hydroxylation is 2. The van der Waals surface area contributed by atoms with Crippen molar-refractivity contribution in [3.05, 3.63) is 59.2 Å². The summed E-state index contributed by atoms with van der Waals surface area (Å²) in [6.45, 7) is 7.59. The van der Waals surface area contributed by atoms with E-state index in [0.717, 1.165) is 37.2 Å². The van der Waals surface area contributed by atoms with Gasteiger partial charge in [-0.15, -0.1) is 0 Å². The second kappa shape index (κ2) is 10.1. The number of sulfonamides is 1. The topological polar surface area (TPSA) is 78.5 Å². The minimum absolute atomic E-state index is 0.0761. The zero-order valence-corrected chi connectivity index (χ0v) is 18.6. The van der Waals surface area contributed by atoms with Crippen LogP contribution in [0.25, 0.3) is 0 Å². The summed E-state index contributed by atoms with van der Waals surface area (Å²) >= 11 is 0. The Morgan fingerprint density at radius 2 is 1.70 bits per heavy atom. The molecule has 1 aliphatic rings. The molecular formula is C23H31N3O3S. The van der Waals surface area contributed by atoms with Crippen molar-refractivity contribution in [2.75, 3.05) is 30.9 Å². The van der Waals surface area contributed by atoms with Gasteiger partial charge in [-0.1, -0.05) is 30.2 Å². The van der Waals surface area contributed by atoms with Gasteiger partial charge in [0.2, 0.25) is 0 Å². The minimum atomic E-state index is -3.78. The number of rotatable bonds is 8. The summed E-state index contributed by atoms with van der Waals surface area (Å²) in [6, 6.07) is 11.8. The number of anilines is 1. The molecule has 0 bridgehead atoms. The van der Waals surface area contributed by atoms with E-state index < -0.39 is 10.0 Å². The summed E-state index contributed by atoms with van der Waals surface area (Å²) in [5, 5.41) is 2.93. The molecule has 0 aromatic heterocycles. The molecule has 1 heterocycles. The molecule has 0 aliphatic carbocycles. The lowest BCUT2D eigenvalue weighted by molar-refractivity contribution is 0.0950. The Balaban J connectivity index is 1.61. The van der Waals surface area contributed by atoms with Crippen molar-refractivity contribution in [2.45, 2.75) is 44.4 Å². The Hall–Kier alpha value is -2.38. The molecule has 3 rings (SSSR count). The van der Waals surface area contributed by atoms with E-state index in [4.69, 9.17) is 0 Å². The van der Waals surface area contributed by atoms with Gasteiger partial charge in [-0.2, -0.15) is 0 Å². The van der Waals surface area contributed by atoms with Gasteiger partial charge in [-0.05, 0) is 82.6 Å². The first-order chi connectivity index (χ1) is 14.3. The third-order valence-electron chi connectivity index (χ3n) is 5.45. The molecule has 1 fully saturated rings. The number of hydrogen-bond donors (Lipinski definition) is 2. The first kappa shape index (κ1) is 22.3. The van der Waals surface area contributed by atoms with Crippen LogP contribution < -0.4 is 10.0 Å². The van der Waals surface area contributed by atoms with E-state index in [2.05, 4.69) is 14.9 Å². The Labute approximate surface area is 179 Å². The number of piperidine rings is 1. The number of carbonyl (C=O) groups is 1. The SMILES string of the molecule is Cc1ccc(NS(=O)(=O)c2ccc(C)c(C(=O)NCCCN3CCCCC3)c2)cc1. The second-order valence-electron chi connectivity index (χ2n) is 7.96. The van der Waals surface area contributed by atoms with Crippen LogP contribution in [0.1, 0.15) is 47.2 Å². The fourth-order valence-corrected chi connectivity index (χ4v) is 4.72. The molecule has 2 aromatic carbocycles. The van der Waals surface area contributed by atoms with Crippen molar-refractivity contribution < 1.29 is 13.2 Å². The van der Waals surface area contributed by atoms with Crippen molar-refractivity contribution in [1.82, 2.24) is 10.2 Å². The van der Waals surface area contributed by atoms with Crippen LogP contribution in [0.3, 0.4) is 0 Å². The predicted molar refractivity (Wildman–Crippen MR) is 120 cm³/mol. The van der Waals surface area contributed by atoms with Gasteiger partial charge in [0, 0.05) is 17.8 Å². The van der Waals surface area contributed by atoms with E-state index in [1.807, 2.05) is 26.0 Å². The highest BCUT2D eigenvalue weighted by molar-refractivity contribution is 7.92. The minimum Gasteiger partial charge on any atom is -0.352 e. The zero-order chi connectivity index (χ0) is 21.6. The van der Waals surface area contributed by atoms with Crippen LogP contribution >= 0.6 is 0 Å². The van der Waals surface area contributed by atoms with Crippen molar-refractivity contribution in [3.63, 3.8) is 0 Å². The first-order valence-electron chi connectivity index (χ1n) is 10.6. The molecular weight excluding hydrogens is 398 g/mol. The standard InChI is InChI=1S/C23H31N3O3S/c1-18-7-10-20(11-8-18)25-30(28,29)21-12-9-19(2)22(17-21)23(27)24-13-6-16-26-14-4-3-5-15-26/h7-12,17,25H,3-6,13-16H2,1-2H3,(H,24,27). The maximum Gasteiger partial charge on any atom is 0.261 e. The van der Waals surface area contributed by atoms with Crippen molar-refractivity contribution in [1.29, 1.82) is 0 Å². The van der Waals surface area contributed by atoms with E-state index in [0.29, 0.717) is 17.8 Å². The van der Waals surface area contributed by atoms with Gasteiger partial charge in [0.05, 0.1) is 4.90 Å². The fraction of sp³-hybridized carbons (Fsp3) is 0.435. The highest BCUT2D eigenvalue weighted by Gasteiger charge is 2.18. The summed E-state index contributed by atoms with van der Waals surface area (Å²) in [7, 11) is -3.78. The molecule has 1 amide bonds. The maximum absolute atomic E-state index is 12.8. The molecule has 0 radical (unpaired) electrons. The van der Waals surface area contributed by atoms with E-state index in [1.165, 1.54) is 31.4 Å². The number of amides is 1. The van der Waals surface area contributed by atoms with E-state index in [9.17, 15) is 13.2 Å². The zero-order valence-electron chi connectivity index (χ0n) is 17.8. The number of nitrogens with zero attached hydrogens (tertiary/aromatic N) is 1. The van der Waals surface area contributed by atoms with Gasteiger partial charge >= 0.3 is 0 Å². The second-order valence-corrected chi connectivity index (χ2v) is 9.64. The lowest BCUT2D eigenvalue weighted by Crippen LogP contribution is -2.33. The van der Waals surface area contributed by atoms with E-state index >= 15 is 0 Å². The molecule has 1 aliphatic heterocycles. The lowest BCUT2D eigenvalue weighted by atomic mass is 10.1. The molecule has 2 N–H and O–H groups in total. The summed E-state index contributed by atoms with van der Waals surface area (Å²) < 4.78 is 28.1. The number of nitrogens with one attached hydrogen (secondary N) is 2. The molecule has 0 atom stereocenters. The molecule has 6 nitrogen and oxygen atoms in total. The quantitative estimate of drug-likeness (QED) is 0.627. The fourth-order valence-electron chi connectivity index (χ4n) is 3.63. The molecule has 0 unspecified atom stereocenters. The average molecular weight is 430 g/mol. The van der Waals surface area contributed by atoms with Gasteiger partial charge in [0.15, 0.2) is 0 Å². The van der Waals surface area contributed by atoms with Crippen LogP contribution in [0.4, 0.5) is 5.69 Å². The molecule has 1 saturated heterocycles. The summed E-state index contributed by atoms with van der Waals surface area (Å²) in [5.41, 5.74) is 2.68. The van der Waals surface area contributed by atoms with Gasteiger partial charge < -0.3 is 10.2 Å². The normalized spacial score (nSPS) is 15.0. The summed E-state index contributed by atoms with van der Waals surface area (Å²) in [5.74, 6) is -0.237. The summed E-state index contributed by atoms with van der Waals surface area (Å²) in [4.78, 5) is 15.2. The average Bonchev–Trinajstić information content (AvgIpc) is 2.73. The number of benzene rings is 2. The highest BCUT2D eigenvalue weighted by atomic mass is 32.2. The smallest absolute Gasteiger partial charge is 0.261 e. The van der Waals surface area contributed by atoms with Crippen LogP contribution in [-0.2, 0) is 10.0 Å². The van der Waals surface area contributed by atoms with Crippen LogP contribution in [0.5, 0.6) is 0 Å². The van der Waals surface area contributed by atoms with Gasteiger partial charge in [-0.3, -0.25) is 9.52 Å². The van der Waals surface area contributed by atoms with Crippen LogP contribution in [-0.4, -0.2) is 45.4 Å². The van der Waals surface area contributed by atoms with E-state index in [-0.39, 0.29) is 10.8 Å². The Morgan fingerprint density at radius 1 is 1.00 bits per heavy atom. The molecule has 2 aromatic rings. The largest absolute Gasteiger partial charge is 0.352 e. The van der Waals surface area contributed by atoms with E-state index in [1.54, 1.807) is 18.2 Å². The molecule has 7 heteroatoms.